The van der Waals surface area contributed by atoms with Gasteiger partial charge in [0.05, 0.1) is 19.8 Å². The predicted molar refractivity (Wildman–Crippen MR) is 221 cm³/mol. The molecule has 0 aromatic rings. The molecule has 55 heavy (non-hydrogen) atoms. The minimum atomic E-state index is -0.575. The predicted octanol–water partition coefficient (Wildman–Crippen LogP) is 6.59. The topological polar surface area (TPSA) is 203 Å². The van der Waals surface area contributed by atoms with Crippen LogP contribution in [-0.4, -0.2) is 75.5 Å². The van der Waals surface area contributed by atoms with Crippen molar-refractivity contribution in [2.75, 3.05) is 39.5 Å². The summed E-state index contributed by atoms with van der Waals surface area (Å²) in [4.78, 5) is 33.4. The Morgan fingerprint density at radius 3 is 2.35 bits per heavy atom. The van der Waals surface area contributed by atoms with E-state index in [1.807, 2.05) is 0 Å². The molecule has 0 radical (unpaired) electrons. The first-order chi connectivity index (χ1) is 26.2. The van der Waals surface area contributed by atoms with Crippen molar-refractivity contribution in [2.24, 2.45) is 79.3 Å². The second kappa shape index (κ2) is 21.6. The molecule has 0 bridgehead atoms. The lowest BCUT2D eigenvalue weighted by molar-refractivity contribution is -0.120. The molecule has 3 saturated carbocycles. The van der Waals surface area contributed by atoms with Crippen molar-refractivity contribution in [1.82, 2.24) is 5.32 Å². The standard InChI is InChI=1S/C43H77N7O5/c1-29(2)10-8-11-30(3)34-16-17-35-33-15-14-31-28-32(18-20-42(31,4)36(33)19-21-43(34,35)5)55-41(52)49-23-25-54-27-26-53-24-9-13-38(51)37(50-40(46)47)12-6-7-22-48-39(44)45/h14,29-30,32-37H,6-13,15-28H2,1-5H3,(H,49,52)(H4,44,45,48)(H4,46,47,50). The van der Waals surface area contributed by atoms with E-state index in [4.69, 9.17) is 37.1 Å². The van der Waals surface area contributed by atoms with Crippen LogP contribution in [0.1, 0.15) is 137 Å². The molecule has 0 spiro atoms. The Bertz CT molecular complexity index is 1310. The SMILES string of the molecule is CC(C)CCCC(C)C1CCC2C3CC=C4CC(OC(=O)NCCOCCOCCCC(=O)C(CCCCN=C(N)N)N=C(N)N)CCC4(C)C3CCC12C. The van der Waals surface area contributed by atoms with E-state index in [0.29, 0.717) is 64.2 Å². The lowest BCUT2D eigenvalue weighted by atomic mass is 9.47. The number of rotatable bonds is 23. The fraction of sp³-hybridized carbons (Fsp3) is 0.860. The van der Waals surface area contributed by atoms with Crippen molar-refractivity contribution >= 4 is 23.8 Å². The average molecular weight is 772 g/mol. The van der Waals surface area contributed by atoms with Crippen molar-refractivity contribution in [2.45, 2.75) is 149 Å². The number of hydrogen-bond acceptors (Lipinski definition) is 7. The van der Waals surface area contributed by atoms with Gasteiger partial charge in [-0.25, -0.2) is 9.79 Å². The van der Waals surface area contributed by atoms with E-state index in [0.717, 1.165) is 67.6 Å². The first kappa shape index (κ1) is 44.8. The summed E-state index contributed by atoms with van der Waals surface area (Å²) in [6.45, 7) is 14.9. The number of unbranched alkanes of at least 4 members (excludes halogenated alkanes) is 1. The number of carbonyl (C=O) groups is 2. The maximum absolute atomic E-state index is 12.7. The molecule has 9 unspecified atom stereocenters. The van der Waals surface area contributed by atoms with Gasteiger partial charge in [0.25, 0.3) is 0 Å². The van der Waals surface area contributed by atoms with Crippen LogP contribution in [0.2, 0.25) is 0 Å². The molecule has 4 aliphatic rings. The van der Waals surface area contributed by atoms with Crippen molar-refractivity contribution < 1.29 is 23.8 Å². The van der Waals surface area contributed by atoms with Crippen LogP contribution >= 0.6 is 0 Å². The third kappa shape index (κ3) is 12.8. The Balaban J connectivity index is 1.08. The molecule has 4 aliphatic carbocycles. The van der Waals surface area contributed by atoms with E-state index >= 15 is 0 Å². The smallest absolute Gasteiger partial charge is 0.407 e. The Labute approximate surface area is 332 Å². The molecule has 0 aromatic carbocycles. The number of alkyl carbamates (subject to hydrolysis) is 1. The van der Waals surface area contributed by atoms with Crippen molar-refractivity contribution in [3.05, 3.63) is 11.6 Å². The van der Waals surface area contributed by atoms with Gasteiger partial charge >= 0.3 is 6.09 Å². The van der Waals surface area contributed by atoms with Crippen LogP contribution in [-0.2, 0) is 19.0 Å². The number of ketones is 1. The summed E-state index contributed by atoms with van der Waals surface area (Å²) in [5.74, 6) is 4.85. The van der Waals surface area contributed by atoms with Gasteiger partial charge < -0.3 is 42.5 Å². The minimum absolute atomic E-state index is 0.0223. The molecule has 4 rings (SSSR count). The Hall–Kier alpha value is -2.86. The lowest BCUT2D eigenvalue weighted by Gasteiger charge is -2.58. The summed E-state index contributed by atoms with van der Waals surface area (Å²) in [6.07, 6.45) is 18.8. The zero-order valence-electron chi connectivity index (χ0n) is 35.0. The largest absolute Gasteiger partial charge is 0.446 e. The first-order valence-corrected chi connectivity index (χ1v) is 21.7. The number of nitrogens with one attached hydrogen (secondary N) is 1. The molecule has 9 atom stereocenters. The van der Waals surface area contributed by atoms with Crippen molar-refractivity contribution in [3.8, 4) is 0 Å². The van der Waals surface area contributed by atoms with E-state index in [1.165, 1.54) is 56.9 Å². The molecule has 0 saturated heterocycles. The van der Waals surface area contributed by atoms with Crippen LogP contribution in [0.5, 0.6) is 0 Å². The summed E-state index contributed by atoms with van der Waals surface area (Å²) in [6, 6.07) is -0.575. The highest BCUT2D eigenvalue weighted by Gasteiger charge is 2.59. The first-order valence-electron chi connectivity index (χ1n) is 21.7. The van der Waals surface area contributed by atoms with Gasteiger partial charge in [0.1, 0.15) is 12.1 Å². The fourth-order valence-corrected chi connectivity index (χ4v) is 11.1. The van der Waals surface area contributed by atoms with E-state index in [2.05, 4.69) is 56.0 Å². The zero-order chi connectivity index (χ0) is 40.0. The third-order valence-electron chi connectivity index (χ3n) is 14.0. The highest BCUT2D eigenvalue weighted by Crippen LogP contribution is 2.67. The van der Waals surface area contributed by atoms with Crippen LogP contribution in [0.15, 0.2) is 21.6 Å². The molecule has 3 fully saturated rings. The van der Waals surface area contributed by atoms with Gasteiger partial charge in [-0.3, -0.25) is 9.79 Å². The molecule has 0 aromatic heterocycles. The number of nitrogens with two attached hydrogens (primary N) is 4. The number of amides is 1. The van der Waals surface area contributed by atoms with Gasteiger partial charge in [-0.1, -0.05) is 65.5 Å². The normalized spacial score (nSPS) is 29.6. The molecule has 9 N–H and O–H groups in total. The van der Waals surface area contributed by atoms with Crippen molar-refractivity contribution in [1.29, 1.82) is 0 Å². The van der Waals surface area contributed by atoms with E-state index < -0.39 is 6.04 Å². The number of Topliss-reactive ketones (excluding diaryl/α,β-unsaturated/α-hetero) is 1. The fourth-order valence-electron chi connectivity index (χ4n) is 11.1. The van der Waals surface area contributed by atoms with Gasteiger partial charge in [0, 0.05) is 32.5 Å². The van der Waals surface area contributed by atoms with Gasteiger partial charge in [-0.2, -0.15) is 0 Å². The Morgan fingerprint density at radius 2 is 1.62 bits per heavy atom. The second-order valence-electron chi connectivity index (χ2n) is 18.2. The molecular weight excluding hydrogens is 695 g/mol. The average Bonchev–Trinajstić information content (AvgIpc) is 3.48. The van der Waals surface area contributed by atoms with Crippen molar-refractivity contribution in [3.63, 3.8) is 0 Å². The number of ether oxygens (including phenoxy) is 3. The van der Waals surface area contributed by atoms with Crippen LogP contribution in [0.4, 0.5) is 4.79 Å². The molecular formula is C43H77N7O5. The molecule has 0 heterocycles. The monoisotopic (exact) mass is 772 g/mol. The van der Waals surface area contributed by atoms with Gasteiger partial charge in [0.2, 0.25) is 0 Å². The van der Waals surface area contributed by atoms with Crippen LogP contribution in [0, 0.1) is 46.3 Å². The van der Waals surface area contributed by atoms with Gasteiger partial charge in [-0.15, -0.1) is 0 Å². The van der Waals surface area contributed by atoms with E-state index in [1.54, 1.807) is 0 Å². The molecule has 314 valence electrons. The minimum Gasteiger partial charge on any atom is -0.446 e. The third-order valence-corrected chi connectivity index (χ3v) is 14.0. The molecule has 0 aliphatic heterocycles. The molecule has 1 amide bonds. The summed E-state index contributed by atoms with van der Waals surface area (Å²) in [5, 5.41) is 2.86. The summed E-state index contributed by atoms with van der Waals surface area (Å²) < 4.78 is 17.2. The van der Waals surface area contributed by atoms with Crippen LogP contribution in [0.25, 0.3) is 0 Å². The van der Waals surface area contributed by atoms with Gasteiger partial charge in [-0.05, 0) is 117 Å². The van der Waals surface area contributed by atoms with E-state index in [-0.39, 0.29) is 35.3 Å². The Kier molecular flexibility index (Phi) is 17.6. The highest BCUT2D eigenvalue weighted by molar-refractivity contribution is 5.87. The van der Waals surface area contributed by atoms with Gasteiger partial charge in [0.15, 0.2) is 17.7 Å². The van der Waals surface area contributed by atoms with Crippen LogP contribution in [0.3, 0.4) is 0 Å². The number of fused-ring (bicyclic) bond motifs is 5. The number of guanidine groups is 2. The lowest BCUT2D eigenvalue weighted by Crippen LogP contribution is -2.51. The highest BCUT2D eigenvalue weighted by atomic mass is 16.6. The Morgan fingerprint density at radius 1 is 0.855 bits per heavy atom. The molecule has 12 heteroatoms. The van der Waals surface area contributed by atoms with E-state index in [9.17, 15) is 9.59 Å². The second-order valence-corrected chi connectivity index (χ2v) is 18.2. The zero-order valence-corrected chi connectivity index (χ0v) is 35.0. The molecule has 12 nitrogen and oxygen atoms in total. The maximum Gasteiger partial charge on any atom is 0.407 e. The number of carbonyl (C=O) groups excluding carboxylic acids is 2. The summed E-state index contributed by atoms with van der Waals surface area (Å²) in [7, 11) is 0. The quantitative estimate of drug-likeness (QED) is 0.0329. The number of allylic oxidation sites excluding steroid dienone is 1. The summed E-state index contributed by atoms with van der Waals surface area (Å²) in [5.41, 5.74) is 24.0. The maximum atomic E-state index is 12.7. The number of nitrogens with zero attached hydrogens (tertiary/aromatic N) is 2. The summed E-state index contributed by atoms with van der Waals surface area (Å²) >= 11 is 0. The van der Waals surface area contributed by atoms with Crippen LogP contribution < -0.4 is 28.3 Å². The number of hydrogen-bond donors (Lipinski definition) is 5. The number of aliphatic imine (C=N–C) groups is 2.